The Balaban J connectivity index is 2.45. The fraction of sp³-hybridized carbons (Fsp3) is 0.231. The standard InChI is InChI=1S/C13H15N3O2/c1-7(14)10-6-15-13(16-8(10)2)9-3-4-11(17)12(18)5-9/h3-7,17-18H,14H2,1-2H3/t7-/m0/s1. The maximum Gasteiger partial charge on any atom is 0.159 e. The van der Waals surface area contributed by atoms with Crippen LogP contribution < -0.4 is 5.73 Å². The molecule has 2 rings (SSSR count). The number of aromatic nitrogens is 2. The van der Waals surface area contributed by atoms with Crippen molar-refractivity contribution in [2.75, 3.05) is 0 Å². The lowest BCUT2D eigenvalue weighted by Gasteiger charge is -2.10. The molecule has 0 saturated heterocycles. The zero-order valence-corrected chi connectivity index (χ0v) is 10.3. The predicted molar refractivity (Wildman–Crippen MR) is 68.1 cm³/mol. The number of aryl methyl sites for hydroxylation is 1. The van der Waals surface area contributed by atoms with Crippen molar-refractivity contribution in [3.8, 4) is 22.9 Å². The summed E-state index contributed by atoms with van der Waals surface area (Å²) in [6, 6.07) is 4.36. The maximum absolute atomic E-state index is 9.45. The van der Waals surface area contributed by atoms with Crippen LogP contribution in [-0.2, 0) is 0 Å². The summed E-state index contributed by atoms with van der Waals surface area (Å²) in [5, 5.41) is 18.7. The summed E-state index contributed by atoms with van der Waals surface area (Å²) < 4.78 is 0. The lowest BCUT2D eigenvalue weighted by Crippen LogP contribution is -2.09. The van der Waals surface area contributed by atoms with Gasteiger partial charge in [0.15, 0.2) is 17.3 Å². The molecule has 5 nitrogen and oxygen atoms in total. The maximum atomic E-state index is 9.45. The summed E-state index contributed by atoms with van der Waals surface area (Å²) in [7, 11) is 0. The van der Waals surface area contributed by atoms with Crippen molar-refractivity contribution in [2.24, 2.45) is 5.73 Å². The van der Waals surface area contributed by atoms with Gasteiger partial charge < -0.3 is 15.9 Å². The van der Waals surface area contributed by atoms with Crippen molar-refractivity contribution in [1.29, 1.82) is 0 Å². The highest BCUT2D eigenvalue weighted by Gasteiger charge is 2.10. The monoisotopic (exact) mass is 245 g/mol. The first kappa shape index (κ1) is 12.3. The highest BCUT2D eigenvalue weighted by molar-refractivity contribution is 5.60. The zero-order chi connectivity index (χ0) is 13.3. The number of aromatic hydroxyl groups is 2. The first-order chi connectivity index (χ1) is 8.49. The molecule has 0 bridgehead atoms. The number of phenolic OH excluding ortho intramolecular Hbond substituents is 2. The molecule has 1 atom stereocenters. The molecule has 0 fully saturated rings. The van der Waals surface area contributed by atoms with E-state index in [2.05, 4.69) is 9.97 Å². The second kappa shape index (κ2) is 4.62. The van der Waals surface area contributed by atoms with Gasteiger partial charge in [0.1, 0.15) is 0 Å². The molecule has 0 unspecified atom stereocenters. The Morgan fingerprint density at radius 3 is 2.50 bits per heavy atom. The van der Waals surface area contributed by atoms with Crippen molar-refractivity contribution in [3.63, 3.8) is 0 Å². The molecule has 5 heteroatoms. The number of benzene rings is 1. The molecule has 94 valence electrons. The van der Waals surface area contributed by atoms with Crippen LogP contribution in [0.4, 0.5) is 0 Å². The quantitative estimate of drug-likeness (QED) is 0.702. The lowest BCUT2D eigenvalue weighted by molar-refractivity contribution is 0.404. The summed E-state index contributed by atoms with van der Waals surface area (Å²) in [5.41, 5.74) is 8.14. The van der Waals surface area contributed by atoms with Crippen LogP contribution in [0.15, 0.2) is 24.4 Å². The van der Waals surface area contributed by atoms with Crippen LogP contribution in [0.25, 0.3) is 11.4 Å². The Morgan fingerprint density at radius 2 is 1.94 bits per heavy atom. The summed E-state index contributed by atoms with van der Waals surface area (Å²) >= 11 is 0. The summed E-state index contributed by atoms with van der Waals surface area (Å²) in [6.07, 6.45) is 1.69. The molecule has 0 aliphatic heterocycles. The van der Waals surface area contributed by atoms with Gasteiger partial charge in [0.05, 0.1) is 0 Å². The molecule has 18 heavy (non-hydrogen) atoms. The second-order valence-corrected chi connectivity index (χ2v) is 4.23. The number of nitrogens with two attached hydrogens (primary N) is 1. The molecule has 0 radical (unpaired) electrons. The number of hydrogen-bond donors (Lipinski definition) is 3. The highest BCUT2D eigenvalue weighted by atomic mass is 16.3. The van der Waals surface area contributed by atoms with E-state index >= 15 is 0 Å². The van der Waals surface area contributed by atoms with Crippen molar-refractivity contribution < 1.29 is 10.2 Å². The van der Waals surface area contributed by atoms with Crippen molar-refractivity contribution in [2.45, 2.75) is 19.9 Å². The molecule has 2 aromatic rings. The molecule has 0 aliphatic carbocycles. The first-order valence-electron chi connectivity index (χ1n) is 5.60. The van der Waals surface area contributed by atoms with Crippen molar-refractivity contribution in [3.05, 3.63) is 35.7 Å². The Kier molecular flexibility index (Phi) is 3.16. The number of hydrogen-bond acceptors (Lipinski definition) is 5. The van der Waals surface area contributed by atoms with Crippen LogP contribution in [0.3, 0.4) is 0 Å². The van der Waals surface area contributed by atoms with Crippen LogP contribution in [0, 0.1) is 6.92 Å². The zero-order valence-electron chi connectivity index (χ0n) is 10.3. The highest BCUT2D eigenvalue weighted by Crippen LogP contribution is 2.29. The van der Waals surface area contributed by atoms with E-state index in [1.165, 1.54) is 12.1 Å². The minimum absolute atomic E-state index is 0.118. The van der Waals surface area contributed by atoms with Crippen LogP contribution in [0.2, 0.25) is 0 Å². The van der Waals surface area contributed by atoms with E-state index in [0.717, 1.165) is 11.3 Å². The predicted octanol–water partition coefficient (Wildman–Crippen LogP) is 1.88. The average molecular weight is 245 g/mol. The Morgan fingerprint density at radius 1 is 1.22 bits per heavy atom. The molecule has 1 aromatic carbocycles. The van der Waals surface area contributed by atoms with Gasteiger partial charge in [-0.05, 0) is 32.0 Å². The fourth-order valence-electron chi connectivity index (χ4n) is 1.73. The molecular formula is C13H15N3O2. The molecular weight excluding hydrogens is 230 g/mol. The van der Waals surface area contributed by atoms with Crippen LogP contribution in [-0.4, -0.2) is 20.2 Å². The van der Waals surface area contributed by atoms with E-state index in [9.17, 15) is 10.2 Å². The fourth-order valence-corrected chi connectivity index (χ4v) is 1.73. The number of phenols is 2. The third kappa shape index (κ3) is 2.26. The molecule has 0 amide bonds. The van der Waals surface area contributed by atoms with Gasteiger partial charge in [-0.1, -0.05) is 0 Å². The van der Waals surface area contributed by atoms with Gasteiger partial charge in [-0.25, -0.2) is 9.97 Å². The molecule has 0 aliphatic rings. The van der Waals surface area contributed by atoms with Gasteiger partial charge >= 0.3 is 0 Å². The summed E-state index contributed by atoms with van der Waals surface area (Å²) in [6.45, 7) is 3.74. The van der Waals surface area contributed by atoms with E-state index < -0.39 is 0 Å². The van der Waals surface area contributed by atoms with Gasteiger partial charge in [0.2, 0.25) is 0 Å². The van der Waals surface area contributed by atoms with E-state index in [0.29, 0.717) is 11.4 Å². The third-order valence-electron chi connectivity index (χ3n) is 2.74. The number of rotatable bonds is 2. The van der Waals surface area contributed by atoms with Crippen LogP contribution >= 0.6 is 0 Å². The SMILES string of the molecule is Cc1nc(-c2ccc(O)c(O)c2)ncc1[C@H](C)N. The Labute approximate surface area is 105 Å². The summed E-state index contributed by atoms with van der Waals surface area (Å²) in [4.78, 5) is 8.57. The summed E-state index contributed by atoms with van der Waals surface area (Å²) in [5.74, 6) is 0.139. The van der Waals surface area contributed by atoms with E-state index in [1.54, 1.807) is 12.3 Å². The Hall–Kier alpha value is -2.14. The second-order valence-electron chi connectivity index (χ2n) is 4.23. The molecule has 4 N–H and O–H groups in total. The largest absolute Gasteiger partial charge is 0.504 e. The molecule has 0 spiro atoms. The minimum atomic E-state index is -0.190. The van der Waals surface area contributed by atoms with Gasteiger partial charge in [-0.2, -0.15) is 0 Å². The van der Waals surface area contributed by atoms with Crippen LogP contribution in [0.1, 0.15) is 24.2 Å². The van der Waals surface area contributed by atoms with Crippen molar-refractivity contribution >= 4 is 0 Å². The van der Waals surface area contributed by atoms with Gasteiger partial charge in [-0.15, -0.1) is 0 Å². The van der Waals surface area contributed by atoms with Crippen LogP contribution in [0.5, 0.6) is 11.5 Å². The average Bonchev–Trinajstić information content (AvgIpc) is 2.32. The van der Waals surface area contributed by atoms with Gasteiger partial charge in [-0.3, -0.25) is 0 Å². The third-order valence-corrected chi connectivity index (χ3v) is 2.74. The first-order valence-corrected chi connectivity index (χ1v) is 5.60. The lowest BCUT2D eigenvalue weighted by atomic mass is 10.1. The van der Waals surface area contributed by atoms with E-state index in [4.69, 9.17) is 5.73 Å². The number of nitrogens with zero attached hydrogens (tertiary/aromatic N) is 2. The van der Waals surface area contributed by atoms with Gasteiger partial charge in [0.25, 0.3) is 0 Å². The smallest absolute Gasteiger partial charge is 0.159 e. The topological polar surface area (TPSA) is 92.3 Å². The normalized spacial score (nSPS) is 12.4. The minimum Gasteiger partial charge on any atom is -0.504 e. The van der Waals surface area contributed by atoms with Gasteiger partial charge in [0, 0.05) is 29.1 Å². The Bertz CT molecular complexity index is 582. The van der Waals surface area contributed by atoms with E-state index in [1.807, 2.05) is 13.8 Å². The molecule has 1 heterocycles. The van der Waals surface area contributed by atoms with E-state index in [-0.39, 0.29) is 17.5 Å². The molecule has 0 saturated carbocycles. The van der Waals surface area contributed by atoms with Crippen molar-refractivity contribution in [1.82, 2.24) is 9.97 Å². The molecule has 1 aromatic heterocycles.